The Bertz CT molecular complexity index is 1200. The van der Waals surface area contributed by atoms with Crippen molar-refractivity contribution in [2.24, 2.45) is 0 Å². The number of benzene rings is 4. The first-order chi connectivity index (χ1) is 14.7. The summed E-state index contributed by atoms with van der Waals surface area (Å²) in [6.45, 7) is 0. The molecular weight excluding hydrogens is 372 g/mol. The van der Waals surface area contributed by atoms with Crippen molar-refractivity contribution in [2.45, 2.75) is 12.8 Å². The number of hydrogen-bond acceptors (Lipinski definition) is 4. The topological polar surface area (TPSA) is 70.5 Å². The predicted molar refractivity (Wildman–Crippen MR) is 121 cm³/mol. The first kappa shape index (κ1) is 18.1. The highest BCUT2D eigenvalue weighted by Crippen LogP contribution is 2.42. The number of fused-ring (bicyclic) bond motifs is 1. The molecule has 0 amide bonds. The van der Waals surface area contributed by atoms with Crippen LogP contribution in [0.3, 0.4) is 0 Å². The molecule has 0 spiro atoms. The lowest BCUT2D eigenvalue weighted by atomic mass is 9.82. The fourth-order valence-corrected chi connectivity index (χ4v) is 3.71. The number of anilines is 2. The zero-order valence-electron chi connectivity index (χ0n) is 16.5. The first-order valence-corrected chi connectivity index (χ1v) is 9.98. The second kappa shape index (κ2) is 7.48. The predicted octanol–water partition coefficient (Wildman–Crippen LogP) is 6.20. The van der Waals surface area contributed by atoms with Gasteiger partial charge in [0.15, 0.2) is 0 Å². The van der Waals surface area contributed by atoms with Crippen LogP contribution in [0.15, 0.2) is 84.9 Å². The maximum Gasteiger partial charge on any atom is 0.135 e. The number of aryl methyl sites for hydroxylation is 1. The van der Waals surface area contributed by atoms with Crippen LogP contribution in [0.25, 0.3) is 11.1 Å². The number of hydrogen-bond donors (Lipinski definition) is 2. The summed E-state index contributed by atoms with van der Waals surface area (Å²) in [6, 6.07) is 27.2. The highest BCUT2D eigenvalue weighted by molar-refractivity contribution is 5.77. The number of nitrogen functional groups attached to an aromatic ring is 2. The molecule has 1 aliphatic rings. The summed E-state index contributed by atoms with van der Waals surface area (Å²) < 4.78 is 12.3. The minimum atomic E-state index is 0.707. The second-order valence-corrected chi connectivity index (χ2v) is 7.44. The van der Waals surface area contributed by atoms with Crippen LogP contribution in [0.4, 0.5) is 11.4 Å². The molecule has 148 valence electrons. The van der Waals surface area contributed by atoms with E-state index in [0.717, 1.165) is 41.4 Å². The van der Waals surface area contributed by atoms with E-state index < -0.39 is 0 Å². The van der Waals surface area contributed by atoms with Crippen LogP contribution in [-0.2, 0) is 12.8 Å². The molecule has 4 heteroatoms. The molecule has 4 aromatic rings. The highest BCUT2D eigenvalue weighted by Gasteiger charge is 2.20. The number of ether oxygens (including phenoxy) is 2. The third kappa shape index (κ3) is 3.55. The van der Waals surface area contributed by atoms with Crippen molar-refractivity contribution in [2.75, 3.05) is 11.5 Å². The van der Waals surface area contributed by atoms with Crippen molar-refractivity contribution in [1.82, 2.24) is 0 Å². The van der Waals surface area contributed by atoms with Gasteiger partial charge in [-0.25, -0.2) is 0 Å². The van der Waals surface area contributed by atoms with Gasteiger partial charge in [-0.3, -0.25) is 0 Å². The number of rotatable bonds is 5. The fraction of sp³-hybridized carbons (Fsp3) is 0.0769. The molecule has 0 saturated heterocycles. The van der Waals surface area contributed by atoms with Crippen LogP contribution in [0.2, 0.25) is 0 Å². The molecule has 30 heavy (non-hydrogen) atoms. The Morgan fingerprint density at radius 3 is 1.83 bits per heavy atom. The first-order valence-electron chi connectivity index (χ1n) is 9.98. The van der Waals surface area contributed by atoms with Gasteiger partial charge in [-0.2, -0.15) is 0 Å². The zero-order valence-corrected chi connectivity index (χ0v) is 16.5. The van der Waals surface area contributed by atoms with E-state index in [1.54, 1.807) is 0 Å². The van der Waals surface area contributed by atoms with Crippen molar-refractivity contribution >= 4 is 11.4 Å². The Morgan fingerprint density at radius 1 is 0.567 bits per heavy atom. The van der Waals surface area contributed by atoms with Crippen LogP contribution in [0.1, 0.15) is 11.1 Å². The van der Waals surface area contributed by atoms with E-state index >= 15 is 0 Å². The largest absolute Gasteiger partial charge is 0.457 e. The van der Waals surface area contributed by atoms with Crippen molar-refractivity contribution in [3.05, 3.63) is 96.1 Å². The van der Waals surface area contributed by atoms with Gasteiger partial charge < -0.3 is 20.9 Å². The van der Waals surface area contributed by atoms with Gasteiger partial charge >= 0.3 is 0 Å². The summed E-state index contributed by atoms with van der Waals surface area (Å²) in [5.74, 6) is 3.01. The van der Waals surface area contributed by atoms with Crippen molar-refractivity contribution in [1.29, 1.82) is 0 Å². The van der Waals surface area contributed by atoms with Gasteiger partial charge in [0.2, 0.25) is 0 Å². The van der Waals surface area contributed by atoms with E-state index in [0.29, 0.717) is 11.4 Å². The molecule has 1 aliphatic carbocycles. The molecule has 4 N–H and O–H groups in total. The Morgan fingerprint density at radius 2 is 1.20 bits per heavy atom. The normalized spacial score (nSPS) is 12.0. The lowest BCUT2D eigenvalue weighted by Crippen LogP contribution is -2.09. The van der Waals surface area contributed by atoms with E-state index in [4.69, 9.17) is 20.9 Å². The zero-order chi connectivity index (χ0) is 20.5. The Labute approximate surface area is 175 Å². The van der Waals surface area contributed by atoms with Crippen LogP contribution in [0, 0.1) is 0 Å². The fourth-order valence-electron chi connectivity index (χ4n) is 3.71. The van der Waals surface area contributed by atoms with E-state index in [2.05, 4.69) is 18.2 Å². The van der Waals surface area contributed by atoms with Crippen LogP contribution >= 0.6 is 0 Å². The third-order valence-corrected chi connectivity index (χ3v) is 5.38. The van der Waals surface area contributed by atoms with Crippen molar-refractivity contribution in [3.8, 4) is 34.1 Å². The molecule has 4 aromatic carbocycles. The summed E-state index contributed by atoms with van der Waals surface area (Å²) in [6.07, 6.45) is 2.20. The third-order valence-electron chi connectivity index (χ3n) is 5.38. The quantitative estimate of drug-likeness (QED) is 0.395. The summed E-state index contributed by atoms with van der Waals surface area (Å²) in [4.78, 5) is 0. The molecule has 4 nitrogen and oxygen atoms in total. The van der Waals surface area contributed by atoms with Gasteiger partial charge in [-0.15, -0.1) is 0 Å². The summed E-state index contributed by atoms with van der Waals surface area (Å²) in [5, 5.41) is 0. The maximum absolute atomic E-state index is 6.23. The number of nitrogens with two attached hydrogens (primary N) is 2. The smallest absolute Gasteiger partial charge is 0.135 e. The summed E-state index contributed by atoms with van der Waals surface area (Å²) in [7, 11) is 0. The van der Waals surface area contributed by atoms with E-state index in [-0.39, 0.29) is 0 Å². The van der Waals surface area contributed by atoms with E-state index in [1.807, 2.05) is 66.7 Å². The molecule has 0 atom stereocenters. The van der Waals surface area contributed by atoms with Crippen LogP contribution in [-0.4, -0.2) is 0 Å². The standard InChI is InChI=1S/C26H22N2O2/c27-18-5-9-20(10-6-18)29-22-13-15-26(30-21-11-7-19(28)8-12-21)25(16-22)24-3-1-2-17-4-14-23(17)24/h1-3,5-13,15-16H,4,14,27-28H2. The second-order valence-electron chi connectivity index (χ2n) is 7.44. The molecule has 0 saturated carbocycles. The maximum atomic E-state index is 6.23. The van der Waals surface area contributed by atoms with Gasteiger partial charge in [0.05, 0.1) is 0 Å². The van der Waals surface area contributed by atoms with Gasteiger partial charge in [-0.1, -0.05) is 18.2 Å². The summed E-state index contributed by atoms with van der Waals surface area (Å²) in [5.41, 5.74) is 18.0. The molecule has 5 rings (SSSR count). The van der Waals surface area contributed by atoms with Crippen LogP contribution < -0.4 is 20.9 Å². The Kier molecular flexibility index (Phi) is 4.52. The lowest BCUT2D eigenvalue weighted by Gasteiger charge is -2.24. The van der Waals surface area contributed by atoms with Crippen molar-refractivity contribution < 1.29 is 9.47 Å². The molecular formula is C26H22N2O2. The van der Waals surface area contributed by atoms with Crippen molar-refractivity contribution in [3.63, 3.8) is 0 Å². The minimum absolute atomic E-state index is 0.707. The van der Waals surface area contributed by atoms with Crippen LogP contribution in [0.5, 0.6) is 23.0 Å². The van der Waals surface area contributed by atoms with Gasteiger partial charge in [0, 0.05) is 16.9 Å². The van der Waals surface area contributed by atoms with E-state index in [1.165, 1.54) is 16.7 Å². The molecule has 0 aliphatic heterocycles. The Hall–Kier alpha value is -3.92. The SMILES string of the molecule is Nc1ccc(Oc2ccc(Oc3ccc(N)cc3)c(-c3cccc4c3CC4)c2)cc1. The Balaban J connectivity index is 1.55. The molecule has 0 aromatic heterocycles. The van der Waals surface area contributed by atoms with Gasteiger partial charge in [-0.05, 0) is 96.3 Å². The highest BCUT2D eigenvalue weighted by atomic mass is 16.5. The van der Waals surface area contributed by atoms with Gasteiger partial charge in [0.1, 0.15) is 23.0 Å². The van der Waals surface area contributed by atoms with E-state index in [9.17, 15) is 0 Å². The monoisotopic (exact) mass is 394 g/mol. The molecule has 0 heterocycles. The lowest BCUT2D eigenvalue weighted by molar-refractivity contribution is 0.471. The molecule has 0 radical (unpaired) electrons. The summed E-state index contributed by atoms with van der Waals surface area (Å²) >= 11 is 0. The molecule has 0 fully saturated rings. The molecule has 0 unspecified atom stereocenters. The average molecular weight is 394 g/mol. The molecule has 0 bridgehead atoms. The average Bonchev–Trinajstić information content (AvgIpc) is 2.73. The minimum Gasteiger partial charge on any atom is -0.457 e. The van der Waals surface area contributed by atoms with Gasteiger partial charge in [0.25, 0.3) is 0 Å².